The van der Waals surface area contributed by atoms with Crippen molar-refractivity contribution < 1.29 is 4.42 Å². The fraction of sp³-hybridized carbons (Fsp3) is 0.375. The van der Waals surface area contributed by atoms with Crippen molar-refractivity contribution in [1.82, 2.24) is 10.3 Å². The summed E-state index contributed by atoms with van der Waals surface area (Å²) in [6, 6.07) is 19.1. The molecule has 1 heterocycles. The molecule has 2 aliphatic carbocycles. The predicted octanol–water partition coefficient (Wildman–Crippen LogP) is 5.87. The first-order chi connectivity index (χ1) is 13.6. The molecular formula is C24H25ClN2O. The molecule has 0 radical (unpaired) electrons. The van der Waals surface area contributed by atoms with E-state index in [2.05, 4.69) is 35.6 Å². The van der Waals surface area contributed by atoms with Crippen molar-refractivity contribution in [1.29, 1.82) is 0 Å². The predicted molar refractivity (Wildman–Crippen MR) is 113 cm³/mol. The third-order valence-corrected chi connectivity index (χ3v) is 6.67. The molecule has 2 aromatic carbocycles. The normalized spacial score (nSPS) is 22.6. The SMILES string of the molecule is Cc1oc(-c2ccc(Cl)cc2)nc1C1(CN[C@H]2CC2c2ccccc2)CCC1. The molecule has 0 spiro atoms. The average molecular weight is 393 g/mol. The molecule has 1 N–H and O–H groups in total. The molecule has 144 valence electrons. The number of hydrogen-bond donors (Lipinski definition) is 1. The van der Waals surface area contributed by atoms with Crippen LogP contribution in [0.3, 0.4) is 0 Å². The first-order valence-electron chi connectivity index (χ1n) is 10.2. The summed E-state index contributed by atoms with van der Waals surface area (Å²) < 4.78 is 6.05. The molecule has 3 aromatic rings. The van der Waals surface area contributed by atoms with Crippen LogP contribution in [0.2, 0.25) is 5.02 Å². The van der Waals surface area contributed by atoms with Gasteiger partial charge in [-0.3, -0.25) is 0 Å². The maximum Gasteiger partial charge on any atom is 0.226 e. The summed E-state index contributed by atoms with van der Waals surface area (Å²) in [6.07, 6.45) is 4.84. The van der Waals surface area contributed by atoms with Crippen LogP contribution in [-0.4, -0.2) is 17.6 Å². The van der Waals surface area contributed by atoms with Gasteiger partial charge in [-0.25, -0.2) is 4.98 Å². The number of halogens is 1. The Labute approximate surface area is 171 Å². The maximum absolute atomic E-state index is 6.05. The van der Waals surface area contributed by atoms with E-state index in [1.54, 1.807) is 0 Å². The number of benzene rings is 2. The summed E-state index contributed by atoms with van der Waals surface area (Å²) >= 11 is 6.01. The Morgan fingerprint density at radius 3 is 2.54 bits per heavy atom. The van der Waals surface area contributed by atoms with Gasteiger partial charge < -0.3 is 9.73 Å². The van der Waals surface area contributed by atoms with E-state index < -0.39 is 0 Å². The second kappa shape index (κ2) is 7.06. The van der Waals surface area contributed by atoms with E-state index in [9.17, 15) is 0 Å². The van der Waals surface area contributed by atoms with E-state index in [1.165, 1.54) is 31.2 Å². The first-order valence-corrected chi connectivity index (χ1v) is 10.5. The topological polar surface area (TPSA) is 38.1 Å². The van der Waals surface area contributed by atoms with Gasteiger partial charge in [-0.05, 0) is 56.0 Å². The number of aryl methyl sites for hydroxylation is 1. The van der Waals surface area contributed by atoms with Gasteiger partial charge in [-0.1, -0.05) is 48.4 Å². The summed E-state index contributed by atoms with van der Waals surface area (Å²) in [5, 5.41) is 4.56. The molecule has 0 aliphatic heterocycles. The third-order valence-electron chi connectivity index (χ3n) is 6.42. The van der Waals surface area contributed by atoms with Gasteiger partial charge in [-0.2, -0.15) is 0 Å². The van der Waals surface area contributed by atoms with Crippen LogP contribution < -0.4 is 5.32 Å². The van der Waals surface area contributed by atoms with Gasteiger partial charge in [0.05, 0.1) is 5.69 Å². The highest BCUT2D eigenvalue weighted by Crippen LogP contribution is 2.47. The van der Waals surface area contributed by atoms with Crippen molar-refractivity contribution in [2.75, 3.05) is 6.54 Å². The van der Waals surface area contributed by atoms with E-state index in [-0.39, 0.29) is 5.41 Å². The van der Waals surface area contributed by atoms with Gasteiger partial charge >= 0.3 is 0 Å². The van der Waals surface area contributed by atoms with Gasteiger partial charge in [-0.15, -0.1) is 0 Å². The molecule has 28 heavy (non-hydrogen) atoms. The van der Waals surface area contributed by atoms with Crippen molar-refractivity contribution in [3.05, 3.63) is 76.6 Å². The van der Waals surface area contributed by atoms with Gasteiger partial charge in [0.25, 0.3) is 0 Å². The van der Waals surface area contributed by atoms with Crippen LogP contribution in [0.15, 0.2) is 59.0 Å². The maximum atomic E-state index is 6.05. The summed E-state index contributed by atoms with van der Waals surface area (Å²) in [6.45, 7) is 3.03. The van der Waals surface area contributed by atoms with Crippen LogP contribution >= 0.6 is 11.6 Å². The van der Waals surface area contributed by atoms with Crippen LogP contribution in [0.5, 0.6) is 0 Å². The Kier molecular flexibility index (Phi) is 4.53. The standard InChI is InChI=1S/C24H25ClN2O/c1-16-22(27-23(28-16)18-8-10-19(25)11-9-18)24(12-5-13-24)15-26-21-14-20(21)17-6-3-2-4-7-17/h2-4,6-11,20-21,26H,5,12-15H2,1H3/t20?,21-/m0/s1. The summed E-state index contributed by atoms with van der Waals surface area (Å²) in [7, 11) is 0. The minimum absolute atomic E-state index is 0.113. The van der Waals surface area contributed by atoms with Gasteiger partial charge in [0.2, 0.25) is 5.89 Å². The number of rotatable bonds is 6. The van der Waals surface area contributed by atoms with Gasteiger partial charge in [0.15, 0.2) is 0 Å². The lowest BCUT2D eigenvalue weighted by atomic mass is 9.66. The Balaban J connectivity index is 1.31. The summed E-state index contributed by atoms with van der Waals surface area (Å²) in [5.74, 6) is 2.30. The Hall–Kier alpha value is -2.10. The third kappa shape index (κ3) is 3.27. The summed E-state index contributed by atoms with van der Waals surface area (Å²) in [4.78, 5) is 4.93. The molecule has 2 fully saturated rings. The number of oxazole rings is 1. The zero-order chi connectivity index (χ0) is 19.1. The number of hydrogen-bond acceptors (Lipinski definition) is 3. The molecule has 2 atom stereocenters. The molecule has 1 aromatic heterocycles. The van der Waals surface area contributed by atoms with E-state index in [4.69, 9.17) is 21.0 Å². The zero-order valence-electron chi connectivity index (χ0n) is 16.1. The number of nitrogens with zero attached hydrogens (tertiary/aromatic N) is 1. The Morgan fingerprint density at radius 1 is 1.11 bits per heavy atom. The smallest absolute Gasteiger partial charge is 0.226 e. The lowest BCUT2D eigenvalue weighted by Crippen LogP contribution is -2.45. The van der Waals surface area contributed by atoms with Gasteiger partial charge in [0, 0.05) is 34.5 Å². The van der Waals surface area contributed by atoms with E-state index in [0.29, 0.717) is 17.9 Å². The lowest BCUT2D eigenvalue weighted by Gasteiger charge is -2.41. The van der Waals surface area contributed by atoms with Crippen LogP contribution in [0.25, 0.3) is 11.5 Å². The number of aromatic nitrogens is 1. The minimum Gasteiger partial charge on any atom is -0.441 e. The highest BCUT2D eigenvalue weighted by Gasteiger charge is 2.45. The molecular weight excluding hydrogens is 368 g/mol. The quantitative estimate of drug-likeness (QED) is 0.570. The molecule has 0 bridgehead atoms. The molecule has 0 amide bonds. The molecule has 4 heteroatoms. The summed E-state index contributed by atoms with van der Waals surface area (Å²) in [5.41, 5.74) is 3.67. The van der Waals surface area contributed by atoms with E-state index >= 15 is 0 Å². The molecule has 1 unspecified atom stereocenters. The average Bonchev–Trinajstić information content (AvgIpc) is 3.36. The van der Waals surface area contributed by atoms with Crippen LogP contribution in [0.4, 0.5) is 0 Å². The van der Waals surface area contributed by atoms with Crippen molar-refractivity contribution in [3.63, 3.8) is 0 Å². The van der Waals surface area contributed by atoms with Crippen LogP contribution in [0.1, 0.15) is 48.6 Å². The first kappa shape index (κ1) is 18.0. The van der Waals surface area contributed by atoms with Gasteiger partial charge in [0.1, 0.15) is 5.76 Å². The second-order valence-corrected chi connectivity index (χ2v) is 8.74. The molecule has 5 rings (SSSR count). The highest BCUT2D eigenvalue weighted by molar-refractivity contribution is 6.30. The van der Waals surface area contributed by atoms with Crippen LogP contribution in [0, 0.1) is 6.92 Å². The second-order valence-electron chi connectivity index (χ2n) is 8.30. The molecule has 2 aliphatic rings. The molecule has 2 saturated carbocycles. The molecule has 0 saturated heterocycles. The largest absolute Gasteiger partial charge is 0.441 e. The Morgan fingerprint density at radius 2 is 1.86 bits per heavy atom. The number of nitrogens with one attached hydrogen (secondary N) is 1. The molecule has 3 nitrogen and oxygen atoms in total. The highest BCUT2D eigenvalue weighted by atomic mass is 35.5. The van der Waals surface area contributed by atoms with Crippen molar-refractivity contribution in [2.24, 2.45) is 0 Å². The lowest BCUT2D eigenvalue weighted by molar-refractivity contribution is 0.224. The van der Waals surface area contributed by atoms with Crippen LogP contribution in [-0.2, 0) is 5.41 Å². The minimum atomic E-state index is 0.113. The van der Waals surface area contributed by atoms with Crippen molar-refractivity contribution >= 4 is 11.6 Å². The van der Waals surface area contributed by atoms with Crippen molar-refractivity contribution in [3.8, 4) is 11.5 Å². The van der Waals surface area contributed by atoms with Crippen molar-refractivity contribution in [2.45, 2.75) is 50.0 Å². The van der Waals surface area contributed by atoms with E-state index in [1.807, 2.05) is 31.2 Å². The monoisotopic (exact) mass is 392 g/mol. The Bertz CT molecular complexity index is 960. The fourth-order valence-corrected chi connectivity index (χ4v) is 4.65. The van der Waals surface area contributed by atoms with E-state index in [0.717, 1.165) is 28.6 Å². The fourth-order valence-electron chi connectivity index (χ4n) is 4.52. The zero-order valence-corrected chi connectivity index (χ0v) is 16.9.